The number of methoxy groups -OCH3 is 2. The predicted molar refractivity (Wildman–Crippen MR) is 145 cm³/mol. The number of rotatable bonds is 7. The highest BCUT2D eigenvalue weighted by Crippen LogP contribution is 2.35. The van der Waals surface area contributed by atoms with Crippen LogP contribution in [0.1, 0.15) is 30.5 Å². The Balaban J connectivity index is 1.38. The fraction of sp³-hybridized carbons (Fsp3) is 0.517. The maximum absolute atomic E-state index is 5.63. The van der Waals surface area contributed by atoms with Gasteiger partial charge in [-0.3, -0.25) is 4.90 Å². The summed E-state index contributed by atoms with van der Waals surface area (Å²) in [6.07, 6.45) is 4.47. The van der Waals surface area contributed by atoms with Crippen molar-refractivity contribution in [2.75, 3.05) is 65.4 Å². The molecule has 192 valence electrons. The average Bonchev–Trinajstić information content (AvgIpc) is 3.14. The molecule has 0 radical (unpaired) electrons. The summed E-state index contributed by atoms with van der Waals surface area (Å²) in [5.74, 6) is 2.91. The summed E-state index contributed by atoms with van der Waals surface area (Å²) in [6, 6.07) is 14.9. The van der Waals surface area contributed by atoms with Crippen molar-refractivity contribution in [1.29, 1.82) is 0 Å². The SMILES string of the molecule is COc1cc2nc(N3CCCN(C)CC3)nc(CC3CCN(Cc4ccccc4)CC3)c2cc1OC. The number of piperidine rings is 1. The molecule has 7 heteroatoms. The molecule has 0 aliphatic carbocycles. The summed E-state index contributed by atoms with van der Waals surface area (Å²) in [4.78, 5) is 17.5. The maximum Gasteiger partial charge on any atom is 0.226 e. The van der Waals surface area contributed by atoms with Gasteiger partial charge in [0.1, 0.15) is 0 Å². The Morgan fingerprint density at radius 3 is 2.36 bits per heavy atom. The first-order valence-electron chi connectivity index (χ1n) is 13.3. The molecule has 2 aliphatic heterocycles. The van der Waals surface area contributed by atoms with Crippen molar-refractivity contribution in [3.8, 4) is 11.5 Å². The standard InChI is InChI=1S/C29H39N5O2/c1-32-12-7-13-34(17-16-32)29-30-25(24-19-27(35-2)28(36-3)20-26(24)31-29)18-22-10-14-33(15-11-22)21-23-8-5-4-6-9-23/h4-6,8-9,19-20,22H,7,10-18,21H2,1-3H3. The number of likely N-dealkylation sites (N-methyl/N-ethyl adjacent to an activating group) is 1. The Bertz CT molecular complexity index is 1150. The Morgan fingerprint density at radius 2 is 1.61 bits per heavy atom. The minimum atomic E-state index is 0.617. The quantitative estimate of drug-likeness (QED) is 0.492. The van der Waals surface area contributed by atoms with Crippen LogP contribution in [-0.4, -0.2) is 80.3 Å². The van der Waals surface area contributed by atoms with E-state index in [4.69, 9.17) is 19.4 Å². The molecule has 2 aliphatic rings. The summed E-state index contributed by atoms with van der Waals surface area (Å²) in [5, 5.41) is 1.08. The molecule has 2 fully saturated rings. The van der Waals surface area contributed by atoms with Gasteiger partial charge in [0.05, 0.1) is 25.4 Å². The van der Waals surface area contributed by atoms with Gasteiger partial charge in [0.2, 0.25) is 5.95 Å². The monoisotopic (exact) mass is 489 g/mol. The number of fused-ring (bicyclic) bond motifs is 1. The largest absolute Gasteiger partial charge is 0.493 e. The molecule has 0 N–H and O–H groups in total. The molecule has 1 aromatic heterocycles. The zero-order valence-electron chi connectivity index (χ0n) is 21.9. The molecule has 2 aromatic carbocycles. The molecular weight excluding hydrogens is 450 g/mol. The molecule has 5 rings (SSSR count). The van der Waals surface area contributed by atoms with Gasteiger partial charge < -0.3 is 19.3 Å². The summed E-state index contributed by atoms with van der Waals surface area (Å²) in [5.41, 5.74) is 3.47. The van der Waals surface area contributed by atoms with Gasteiger partial charge in [-0.2, -0.15) is 0 Å². The van der Waals surface area contributed by atoms with Crippen LogP contribution in [0.4, 0.5) is 5.95 Å². The topological polar surface area (TPSA) is 54.0 Å². The van der Waals surface area contributed by atoms with E-state index in [1.165, 1.54) is 18.4 Å². The second-order valence-electron chi connectivity index (χ2n) is 10.2. The number of anilines is 1. The van der Waals surface area contributed by atoms with E-state index in [0.29, 0.717) is 11.7 Å². The van der Waals surface area contributed by atoms with E-state index < -0.39 is 0 Å². The van der Waals surface area contributed by atoms with E-state index >= 15 is 0 Å². The minimum Gasteiger partial charge on any atom is -0.493 e. The molecular formula is C29H39N5O2. The molecule has 0 amide bonds. The van der Waals surface area contributed by atoms with Crippen LogP contribution in [0.15, 0.2) is 42.5 Å². The van der Waals surface area contributed by atoms with Crippen LogP contribution in [0.2, 0.25) is 0 Å². The average molecular weight is 490 g/mol. The van der Waals surface area contributed by atoms with E-state index in [1.807, 2.05) is 6.07 Å². The van der Waals surface area contributed by atoms with E-state index in [9.17, 15) is 0 Å². The fourth-order valence-corrected chi connectivity index (χ4v) is 5.51. The number of hydrogen-bond donors (Lipinski definition) is 0. The number of ether oxygens (including phenoxy) is 2. The van der Waals surface area contributed by atoms with Crippen molar-refractivity contribution in [3.63, 3.8) is 0 Å². The second-order valence-corrected chi connectivity index (χ2v) is 10.2. The van der Waals surface area contributed by atoms with Crippen LogP contribution in [0, 0.1) is 5.92 Å². The van der Waals surface area contributed by atoms with Gasteiger partial charge in [0, 0.05) is 37.6 Å². The first-order valence-corrected chi connectivity index (χ1v) is 13.3. The van der Waals surface area contributed by atoms with Gasteiger partial charge in [-0.1, -0.05) is 30.3 Å². The summed E-state index contributed by atoms with van der Waals surface area (Å²) in [6.45, 7) is 7.38. The first kappa shape index (κ1) is 24.8. The Morgan fingerprint density at radius 1 is 0.861 bits per heavy atom. The third-order valence-corrected chi connectivity index (χ3v) is 7.71. The van der Waals surface area contributed by atoms with E-state index in [0.717, 1.165) is 86.9 Å². The van der Waals surface area contributed by atoms with Crippen LogP contribution >= 0.6 is 0 Å². The van der Waals surface area contributed by atoms with Gasteiger partial charge in [-0.15, -0.1) is 0 Å². The molecule has 0 bridgehead atoms. The molecule has 0 saturated carbocycles. The smallest absolute Gasteiger partial charge is 0.226 e. The molecule has 0 spiro atoms. The van der Waals surface area contributed by atoms with Crippen LogP contribution in [-0.2, 0) is 13.0 Å². The Hall–Kier alpha value is -2.90. The lowest BCUT2D eigenvalue weighted by Gasteiger charge is -2.32. The Labute approximate surface area is 215 Å². The van der Waals surface area contributed by atoms with Crippen molar-refractivity contribution in [3.05, 3.63) is 53.7 Å². The highest BCUT2D eigenvalue weighted by atomic mass is 16.5. The van der Waals surface area contributed by atoms with Crippen molar-refractivity contribution < 1.29 is 9.47 Å². The van der Waals surface area contributed by atoms with Crippen molar-refractivity contribution in [1.82, 2.24) is 19.8 Å². The maximum atomic E-state index is 5.63. The van der Waals surface area contributed by atoms with Crippen LogP contribution < -0.4 is 14.4 Å². The number of likely N-dealkylation sites (tertiary alicyclic amines) is 1. The number of aromatic nitrogens is 2. The second kappa shape index (κ2) is 11.4. The molecule has 7 nitrogen and oxygen atoms in total. The molecule has 0 unspecified atom stereocenters. The van der Waals surface area contributed by atoms with Gasteiger partial charge in [-0.05, 0) is 69.9 Å². The van der Waals surface area contributed by atoms with Gasteiger partial charge in [0.15, 0.2) is 11.5 Å². The number of benzene rings is 2. The zero-order valence-corrected chi connectivity index (χ0v) is 21.9. The number of hydrogen-bond acceptors (Lipinski definition) is 7. The predicted octanol–water partition coefficient (Wildman–Crippen LogP) is 4.24. The van der Waals surface area contributed by atoms with Crippen molar-refractivity contribution in [2.45, 2.75) is 32.2 Å². The lowest BCUT2D eigenvalue weighted by molar-refractivity contribution is 0.176. The summed E-state index contributed by atoms with van der Waals surface area (Å²) < 4.78 is 11.2. The number of nitrogens with zero attached hydrogens (tertiary/aromatic N) is 5. The Kier molecular flexibility index (Phi) is 7.87. The molecule has 2 saturated heterocycles. The van der Waals surface area contributed by atoms with E-state index in [1.54, 1.807) is 14.2 Å². The third kappa shape index (κ3) is 5.73. The normalized spacial score (nSPS) is 18.4. The van der Waals surface area contributed by atoms with Crippen molar-refractivity contribution >= 4 is 16.9 Å². The van der Waals surface area contributed by atoms with Gasteiger partial charge in [0.25, 0.3) is 0 Å². The third-order valence-electron chi connectivity index (χ3n) is 7.71. The fourth-order valence-electron chi connectivity index (χ4n) is 5.51. The highest BCUT2D eigenvalue weighted by Gasteiger charge is 2.24. The van der Waals surface area contributed by atoms with E-state index in [2.05, 4.69) is 58.1 Å². The lowest BCUT2D eigenvalue weighted by atomic mass is 9.90. The highest BCUT2D eigenvalue weighted by molar-refractivity contribution is 5.86. The van der Waals surface area contributed by atoms with Crippen LogP contribution in [0.3, 0.4) is 0 Å². The van der Waals surface area contributed by atoms with Gasteiger partial charge in [-0.25, -0.2) is 9.97 Å². The molecule has 3 heterocycles. The molecule has 36 heavy (non-hydrogen) atoms. The first-order chi connectivity index (χ1) is 17.6. The van der Waals surface area contributed by atoms with Crippen LogP contribution in [0.5, 0.6) is 11.5 Å². The van der Waals surface area contributed by atoms with Crippen LogP contribution in [0.25, 0.3) is 10.9 Å². The van der Waals surface area contributed by atoms with Crippen molar-refractivity contribution in [2.24, 2.45) is 5.92 Å². The summed E-state index contributed by atoms with van der Waals surface area (Å²) >= 11 is 0. The zero-order chi connectivity index (χ0) is 24.9. The minimum absolute atomic E-state index is 0.617. The van der Waals surface area contributed by atoms with E-state index in [-0.39, 0.29) is 0 Å². The summed E-state index contributed by atoms with van der Waals surface area (Å²) in [7, 11) is 5.56. The van der Waals surface area contributed by atoms with Gasteiger partial charge >= 0.3 is 0 Å². The molecule has 3 aromatic rings. The lowest BCUT2D eigenvalue weighted by Crippen LogP contribution is -2.34. The molecule has 0 atom stereocenters.